The number of aromatic nitrogens is 2. The standard InChI is InChI=1S/C10H15F2N3/c1-6-9(13)7(2)15(14-6)4-3-8-5-10(8,11)12/h8H,3-5,13H2,1-2H3. The molecule has 0 aliphatic heterocycles. The first-order valence-corrected chi connectivity index (χ1v) is 5.09. The lowest BCUT2D eigenvalue weighted by molar-refractivity contribution is 0.0957. The maximum absolute atomic E-state index is 12.6. The summed E-state index contributed by atoms with van der Waals surface area (Å²) in [6.45, 7) is 4.22. The van der Waals surface area contributed by atoms with Crippen LogP contribution in [0.1, 0.15) is 24.2 Å². The number of halogens is 2. The van der Waals surface area contributed by atoms with Crippen molar-refractivity contribution in [2.45, 2.75) is 39.2 Å². The smallest absolute Gasteiger partial charge is 0.251 e. The molecule has 1 atom stereocenters. The van der Waals surface area contributed by atoms with Crippen LogP contribution in [0.25, 0.3) is 0 Å². The van der Waals surface area contributed by atoms with E-state index in [0.29, 0.717) is 18.7 Å². The number of anilines is 1. The van der Waals surface area contributed by atoms with Crippen LogP contribution in [0.15, 0.2) is 0 Å². The summed E-state index contributed by atoms with van der Waals surface area (Å²) in [6, 6.07) is 0. The van der Waals surface area contributed by atoms with E-state index >= 15 is 0 Å². The van der Waals surface area contributed by atoms with Gasteiger partial charge in [0, 0.05) is 18.9 Å². The van der Waals surface area contributed by atoms with Crippen molar-refractivity contribution < 1.29 is 8.78 Å². The number of hydrogen-bond donors (Lipinski definition) is 1. The van der Waals surface area contributed by atoms with Crippen molar-refractivity contribution in [3.63, 3.8) is 0 Å². The lowest BCUT2D eigenvalue weighted by atomic mass is 10.3. The van der Waals surface area contributed by atoms with Gasteiger partial charge in [0.15, 0.2) is 0 Å². The number of nitrogen functional groups attached to an aromatic ring is 1. The second-order valence-electron chi connectivity index (χ2n) is 4.26. The molecule has 1 aromatic rings. The molecule has 0 amide bonds. The van der Waals surface area contributed by atoms with Crippen LogP contribution in [0, 0.1) is 19.8 Å². The van der Waals surface area contributed by atoms with Crippen LogP contribution in [0.2, 0.25) is 0 Å². The van der Waals surface area contributed by atoms with Crippen molar-refractivity contribution in [3.8, 4) is 0 Å². The SMILES string of the molecule is Cc1nn(CCC2CC2(F)F)c(C)c1N. The minimum absolute atomic E-state index is 0.0295. The molecule has 3 nitrogen and oxygen atoms in total. The Balaban J connectivity index is 1.97. The van der Waals surface area contributed by atoms with Crippen LogP contribution in [0.3, 0.4) is 0 Å². The third-order valence-electron chi connectivity index (χ3n) is 3.08. The summed E-state index contributed by atoms with van der Waals surface area (Å²) >= 11 is 0. The Morgan fingerprint density at radius 1 is 1.53 bits per heavy atom. The molecule has 84 valence electrons. The summed E-state index contributed by atoms with van der Waals surface area (Å²) in [7, 11) is 0. The minimum atomic E-state index is -2.43. The maximum atomic E-state index is 12.6. The molecule has 1 fully saturated rings. The van der Waals surface area contributed by atoms with Gasteiger partial charge in [0.25, 0.3) is 5.92 Å². The third kappa shape index (κ3) is 1.82. The maximum Gasteiger partial charge on any atom is 0.251 e. The van der Waals surface area contributed by atoms with Crippen molar-refractivity contribution in [2.24, 2.45) is 5.92 Å². The Morgan fingerprint density at radius 3 is 2.53 bits per heavy atom. The Bertz CT molecular complexity index is 384. The van der Waals surface area contributed by atoms with E-state index in [1.54, 1.807) is 4.68 Å². The first-order valence-electron chi connectivity index (χ1n) is 5.09. The first-order chi connectivity index (χ1) is 6.92. The van der Waals surface area contributed by atoms with E-state index in [1.165, 1.54) is 0 Å². The monoisotopic (exact) mass is 215 g/mol. The van der Waals surface area contributed by atoms with Gasteiger partial charge in [-0.3, -0.25) is 4.68 Å². The van der Waals surface area contributed by atoms with Gasteiger partial charge in [0.05, 0.1) is 17.1 Å². The number of alkyl halides is 2. The second kappa shape index (κ2) is 3.18. The number of aryl methyl sites for hydroxylation is 2. The summed E-state index contributed by atoms with van der Waals surface area (Å²) < 4.78 is 27.0. The Kier molecular flexibility index (Phi) is 2.20. The normalized spacial score (nSPS) is 23.1. The van der Waals surface area contributed by atoms with Crippen LogP contribution < -0.4 is 5.73 Å². The van der Waals surface area contributed by atoms with Gasteiger partial charge >= 0.3 is 0 Å². The van der Waals surface area contributed by atoms with E-state index in [0.717, 1.165) is 11.4 Å². The van der Waals surface area contributed by atoms with E-state index < -0.39 is 11.8 Å². The van der Waals surface area contributed by atoms with Crippen LogP contribution >= 0.6 is 0 Å². The number of nitrogens with two attached hydrogens (primary N) is 1. The fraction of sp³-hybridized carbons (Fsp3) is 0.700. The van der Waals surface area contributed by atoms with Gasteiger partial charge in [-0.05, 0) is 20.3 Å². The molecule has 0 spiro atoms. The molecule has 1 heterocycles. The molecule has 1 saturated carbocycles. The fourth-order valence-corrected chi connectivity index (χ4v) is 1.79. The molecule has 0 bridgehead atoms. The zero-order valence-corrected chi connectivity index (χ0v) is 8.93. The molecule has 1 aromatic heterocycles. The predicted octanol–water partition coefficient (Wildman–Crippen LogP) is 2.13. The van der Waals surface area contributed by atoms with Gasteiger partial charge in [-0.1, -0.05) is 0 Å². The molecule has 2 N–H and O–H groups in total. The first kappa shape index (κ1) is 10.4. The van der Waals surface area contributed by atoms with Crippen molar-refractivity contribution in [1.29, 1.82) is 0 Å². The molecule has 2 rings (SSSR count). The van der Waals surface area contributed by atoms with Gasteiger partial charge in [-0.25, -0.2) is 8.78 Å². The Hall–Kier alpha value is -1.13. The fourth-order valence-electron chi connectivity index (χ4n) is 1.79. The number of nitrogens with zero attached hydrogens (tertiary/aromatic N) is 2. The van der Waals surface area contributed by atoms with Crippen molar-refractivity contribution in [2.75, 3.05) is 5.73 Å². The predicted molar refractivity (Wildman–Crippen MR) is 53.8 cm³/mol. The van der Waals surface area contributed by atoms with E-state index in [2.05, 4.69) is 5.10 Å². The van der Waals surface area contributed by atoms with Crippen LogP contribution in [-0.2, 0) is 6.54 Å². The summed E-state index contributed by atoms with van der Waals surface area (Å²) in [4.78, 5) is 0. The van der Waals surface area contributed by atoms with Crippen molar-refractivity contribution in [3.05, 3.63) is 11.4 Å². The quantitative estimate of drug-likeness (QED) is 0.839. The summed E-state index contributed by atoms with van der Waals surface area (Å²) in [6.07, 6.45) is 0.510. The Morgan fingerprint density at radius 2 is 2.13 bits per heavy atom. The summed E-state index contributed by atoms with van der Waals surface area (Å²) in [5, 5.41) is 4.20. The lowest BCUT2D eigenvalue weighted by Gasteiger charge is -2.03. The molecule has 0 saturated heterocycles. The summed E-state index contributed by atoms with van der Waals surface area (Å²) in [5.74, 6) is -2.88. The third-order valence-corrected chi connectivity index (χ3v) is 3.08. The molecule has 1 aliphatic rings. The highest BCUT2D eigenvalue weighted by atomic mass is 19.3. The molecule has 0 aromatic carbocycles. The van der Waals surface area contributed by atoms with Crippen LogP contribution in [0.4, 0.5) is 14.5 Å². The highest BCUT2D eigenvalue weighted by Gasteiger charge is 2.56. The zero-order chi connectivity index (χ0) is 11.2. The van der Waals surface area contributed by atoms with Crippen molar-refractivity contribution >= 4 is 5.69 Å². The van der Waals surface area contributed by atoms with Gasteiger partial charge in [-0.2, -0.15) is 5.10 Å². The van der Waals surface area contributed by atoms with Gasteiger partial charge in [0.1, 0.15) is 0 Å². The average Bonchev–Trinajstić information content (AvgIpc) is 2.70. The van der Waals surface area contributed by atoms with Gasteiger partial charge in [0.2, 0.25) is 0 Å². The molecular weight excluding hydrogens is 200 g/mol. The Labute approximate surface area is 87.3 Å². The molecule has 0 radical (unpaired) electrons. The molecule has 1 aliphatic carbocycles. The van der Waals surface area contributed by atoms with E-state index in [1.807, 2.05) is 13.8 Å². The lowest BCUT2D eigenvalue weighted by Crippen LogP contribution is -2.05. The van der Waals surface area contributed by atoms with E-state index in [9.17, 15) is 8.78 Å². The topological polar surface area (TPSA) is 43.8 Å². The second-order valence-corrected chi connectivity index (χ2v) is 4.26. The van der Waals surface area contributed by atoms with Crippen molar-refractivity contribution in [1.82, 2.24) is 9.78 Å². The molecule has 1 unspecified atom stereocenters. The summed E-state index contributed by atoms with van der Waals surface area (Å²) in [5.41, 5.74) is 8.06. The highest BCUT2D eigenvalue weighted by molar-refractivity contribution is 5.46. The molecule has 5 heteroatoms. The number of rotatable bonds is 3. The van der Waals surface area contributed by atoms with Crippen LogP contribution in [0.5, 0.6) is 0 Å². The molecule has 15 heavy (non-hydrogen) atoms. The van der Waals surface area contributed by atoms with Gasteiger partial charge in [-0.15, -0.1) is 0 Å². The van der Waals surface area contributed by atoms with E-state index in [4.69, 9.17) is 5.73 Å². The van der Waals surface area contributed by atoms with E-state index in [-0.39, 0.29) is 6.42 Å². The van der Waals surface area contributed by atoms with Crippen LogP contribution in [-0.4, -0.2) is 15.7 Å². The van der Waals surface area contributed by atoms with Gasteiger partial charge < -0.3 is 5.73 Å². The molecular formula is C10H15F2N3. The number of hydrogen-bond acceptors (Lipinski definition) is 2. The largest absolute Gasteiger partial charge is 0.396 e. The minimum Gasteiger partial charge on any atom is -0.396 e. The highest BCUT2D eigenvalue weighted by Crippen LogP contribution is 2.50. The average molecular weight is 215 g/mol. The zero-order valence-electron chi connectivity index (χ0n) is 8.93.